The quantitative estimate of drug-likeness (QED) is 0.861. The number of rotatable bonds is 4. The largest absolute Gasteiger partial charge is 0.487 e. The average molecular weight is 301 g/mol. The predicted octanol–water partition coefficient (Wildman–Crippen LogP) is 3.61. The number of ether oxygens (including phenoxy) is 1. The van der Waals surface area contributed by atoms with Crippen molar-refractivity contribution in [2.45, 2.75) is 6.61 Å². The maximum absolute atomic E-state index is 6.32. The summed E-state index contributed by atoms with van der Waals surface area (Å²) < 4.78 is 5.78. The molecule has 21 heavy (non-hydrogen) atoms. The lowest BCUT2D eigenvalue weighted by molar-refractivity contribution is 0.306. The van der Waals surface area contributed by atoms with Gasteiger partial charge in [0.05, 0.1) is 11.6 Å². The minimum absolute atomic E-state index is 0.515. The van der Waals surface area contributed by atoms with Gasteiger partial charge >= 0.3 is 0 Å². The molecule has 0 N–H and O–H groups in total. The molecular weight excluding hydrogens is 284 g/mol. The molecule has 0 saturated heterocycles. The van der Waals surface area contributed by atoms with Crippen LogP contribution in [0.2, 0.25) is 5.02 Å². The molecule has 0 unspecified atom stereocenters. The molecule has 0 bridgehead atoms. The van der Waals surface area contributed by atoms with E-state index in [0.29, 0.717) is 17.4 Å². The van der Waals surface area contributed by atoms with Crippen molar-refractivity contribution in [2.24, 2.45) is 4.99 Å². The van der Waals surface area contributed by atoms with Crippen LogP contribution in [-0.4, -0.2) is 30.9 Å². The lowest BCUT2D eigenvalue weighted by Gasteiger charge is -2.15. The Kier molecular flexibility index (Phi) is 4.11. The number of hydrogen-bond acceptors (Lipinski definition) is 3. The van der Waals surface area contributed by atoms with E-state index in [9.17, 15) is 0 Å². The van der Waals surface area contributed by atoms with Crippen LogP contribution in [0.5, 0.6) is 5.75 Å². The number of hydrogen-bond donors (Lipinski definition) is 0. The first kappa shape index (κ1) is 14.0. The van der Waals surface area contributed by atoms with Gasteiger partial charge in [0.1, 0.15) is 18.2 Å². The van der Waals surface area contributed by atoms with Crippen molar-refractivity contribution in [3.8, 4) is 5.75 Å². The van der Waals surface area contributed by atoms with E-state index in [0.717, 1.165) is 30.1 Å². The maximum atomic E-state index is 6.32. The van der Waals surface area contributed by atoms with E-state index in [1.54, 1.807) is 0 Å². The third-order valence-electron chi connectivity index (χ3n) is 3.49. The fraction of sp³-hybridized carbons (Fsp3) is 0.235. The minimum atomic E-state index is 0.515. The summed E-state index contributed by atoms with van der Waals surface area (Å²) in [5.41, 5.74) is 2.16. The third kappa shape index (κ3) is 3.19. The fourth-order valence-electron chi connectivity index (χ4n) is 2.34. The molecule has 1 aliphatic heterocycles. The van der Waals surface area contributed by atoms with E-state index in [4.69, 9.17) is 16.3 Å². The zero-order chi connectivity index (χ0) is 14.7. The summed E-state index contributed by atoms with van der Waals surface area (Å²) in [6.45, 7) is 2.32. The SMILES string of the molecule is CN1CCN=C1c1ccc(OCc2ccccc2)c(Cl)c1. The van der Waals surface area contributed by atoms with Crippen molar-refractivity contribution in [2.75, 3.05) is 20.1 Å². The van der Waals surface area contributed by atoms with Gasteiger partial charge in [0.15, 0.2) is 0 Å². The zero-order valence-electron chi connectivity index (χ0n) is 11.9. The Hall–Kier alpha value is -2.00. The van der Waals surface area contributed by atoms with Crippen LogP contribution >= 0.6 is 11.6 Å². The Bertz CT molecular complexity index is 655. The molecule has 3 nitrogen and oxygen atoms in total. The second-order valence-electron chi connectivity index (χ2n) is 5.05. The maximum Gasteiger partial charge on any atom is 0.138 e. The van der Waals surface area contributed by atoms with Gasteiger partial charge < -0.3 is 9.64 Å². The van der Waals surface area contributed by atoms with Crippen molar-refractivity contribution < 1.29 is 4.74 Å². The first-order valence-corrected chi connectivity index (χ1v) is 7.34. The molecule has 1 aliphatic rings. The molecule has 1 heterocycles. The third-order valence-corrected chi connectivity index (χ3v) is 3.78. The summed E-state index contributed by atoms with van der Waals surface area (Å²) in [5.74, 6) is 1.69. The molecule has 0 spiro atoms. The van der Waals surface area contributed by atoms with Gasteiger partial charge in [-0.05, 0) is 23.8 Å². The first-order chi connectivity index (χ1) is 10.2. The molecule has 0 amide bonds. The fourth-order valence-corrected chi connectivity index (χ4v) is 2.57. The number of aliphatic imine (C=N–C) groups is 1. The van der Waals surface area contributed by atoms with Gasteiger partial charge in [-0.15, -0.1) is 0 Å². The monoisotopic (exact) mass is 300 g/mol. The van der Waals surface area contributed by atoms with E-state index in [-0.39, 0.29) is 0 Å². The van der Waals surface area contributed by atoms with E-state index in [1.165, 1.54) is 0 Å². The molecule has 108 valence electrons. The summed E-state index contributed by atoms with van der Waals surface area (Å²) in [6.07, 6.45) is 0. The molecule has 0 aromatic heterocycles. The highest BCUT2D eigenvalue weighted by Crippen LogP contribution is 2.27. The first-order valence-electron chi connectivity index (χ1n) is 6.96. The second-order valence-corrected chi connectivity index (χ2v) is 5.45. The Morgan fingerprint density at radius 2 is 2.00 bits per heavy atom. The summed E-state index contributed by atoms with van der Waals surface area (Å²) in [6, 6.07) is 15.9. The van der Waals surface area contributed by atoms with Gasteiger partial charge in [-0.25, -0.2) is 0 Å². The molecule has 0 radical (unpaired) electrons. The highest BCUT2D eigenvalue weighted by atomic mass is 35.5. The van der Waals surface area contributed by atoms with Crippen LogP contribution in [0.15, 0.2) is 53.5 Å². The summed E-state index contributed by atoms with van der Waals surface area (Å²) in [7, 11) is 2.04. The average Bonchev–Trinajstić information content (AvgIpc) is 2.93. The molecule has 3 rings (SSSR count). The summed E-state index contributed by atoms with van der Waals surface area (Å²) in [5, 5.41) is 0.617. The van der Waals surface area contributed by atoms with Crippen molar-refractivity contribution in [3.63, 3.8) is 0 Å². The van der Waals surface area contributed by atoms with Crippen LogP contribution in [0.3, 0.4) is 0 Å². The van der Waals surface area contributed by atoms with Crippen LogP contribution in [0.1, 0.15) is 11.1 Å². The number of nitrogens with zero attached hydrogens (tertiary/aromatic N) is 2. The number of likely N-dealkylation sites (N-methyl/N-ethyl adjacent to an activating group) is 1. The van der Waals surface area contributed by atoms with Gasteiger partial charge in [-0.3, -0.25) is 4.99 Å². The van der Waals surface area contributed by atoms with Crippen LogP contribution < -0.4 is 4.74 Å². The Morgan fingerprint density at radius 3 is 2.67 bits per heavy atom. The highest BCUT2D eigenvalue weighted by Gasteiger charge is 2.15. The molecule has 4 heteroatoms. The van der Waals surface area contributed by atoms with E-state index in [2.05, 4.69) is 9.89 Å². The molecule has 0 fully saturated rings. The Morgan fingerprint density at radius 1 is 1.19 bits per heavy atom. The van der Waals surface area contributed by atoms with E-state index >= 15 is 0 Å². The molecule has 0 atom stereocenters. The second kappa shape index (κ2) is 6.19. The number of benzene rings is 2. The molecule has 2 aromatic rings. The van der Waals surface area contributed by atoms with Crippen molar-refractivity contribution >= 4 is 17.4 Å². The number of amidine groups is 1. The molecular formula is C17H17ClN2O. The van der Waals surface area contributed by atoms with Crippen molar-refractivity contribution in [1.82, 2.24) is 4.90 Å². The highest BCUT2D eigenvalue weighted by molar-refractivity contribution is 6.32. The van der Waals surface area contributed by atoms with Crippen molar-refractivity contribution in [3.05, 3.63) is 64.7 Å². The van der Waals surface area contributed by atoms with Gasteiger partial charge in [0.2, 0.25) is 0 Å². The van der Waals surface area contributed by atoms with Crippen molar-refractivity contribution in [1.29, 1.82) is 0 Å². The summed E-state index contributed by atoms with van der Waals surface area (Å²) in [4.78, 5) is 6.63. The van der Waals surface area contributed by atoms with E-state index < -0.39 is 0 Å². The standard InChI is InChI=1S/C17H17ClN2O/c1-20-10-9-19-17(20)14-7-8-16(15(18)11-14)21-12-13-5-3-2-4-6-13/h2-8,11H,9-10,12H2,1H3. The summed E-state index contributed by atoms with van der Waals surface area (Å²) >= 11 is 6.32. The zero-order valence-corrected chi connectivity index (χ0v) is 12.7. The van der Waals surface area contributed by atoms with Crippen LogP contribution in [0.25, 0.3) is 0 Å². The Balaban J connectivity index is 1.73. The molecule has 0 aliphatic carbocycles. The number of halogens is 1. The van der Waals surface area contributed by atoms with Gasteiger partial charge in [-0.2, -0.15) is 0 Å². The Labute approximate surface area is 129 Å². The van der Waals surface area contributed by atoms with E-state index in [1.807, 2.05) is 55.6 Å². The van der Waals surface area contributed by atoms with Crippen LogP contribution in [0, 0.1) is 0 Å². The molecule has 2 aromatic carbocycles. The smallest absolute Gasteiger partial charge is 0.138 e. The lowest BCUT2D eigenvalue weighted by atomic mass is 10.2. The lowest BCUT2D eigenvalue weighted by Crippen LogP contribution is -2.23. The van der Waals surface area contributed by atoms with Crippen LogP contribution in [0.4, 0.5) is 0 Å². The molecule has 0 saturated carbocycles. The van der Waals surface area contributed by atoms with Gasteiger partial charge in [0, 0.05) is 19.2 Å². The normalized spacial score (nSPS) is 14.2. The van der Waals surface area contributed by atoms with Gasteiger partial charge in [0.25, 0.3) is 0 Å². The van der Waals surface area contributed by atoms with Crippen LogP contribution in [-0.2, 0) is 6.61 Å². The topological polar surface area (TPSA) is 24.8 Å². The van der Waals surface area contributed by atoms with Gasteiger partial charge in [-0.1, -0.05) is 41.9 Å². The minimum Gasteiger partial charge on any atom is -0.487 e. The predicted molar refractivity (Wildman–Crippen MR) is 86.3 cm³/mol.